The maximum atomic E-state index is 10.5. The summed E-state index contributed by atoms with van der Waals surface area (Å²) < 4.78 is 1.06. The SMILES string of the molecule is CC(O)(c1ccc(Br)cc1)C1CCSC1. The lowest BCUT2D eigenvalue weighted by atomic mass is 9.83. The summed E-state index contributed by atoms with van der Waals surface area (Å²) >= 11 is 5.35. The van der Waals surface area contributed by atoms with Crippen molar-refractivity contribution in [2.24, 2.45) is 5.92 Å². The van der Waals surface area contributed by atoms with Crippen LogP contribution in [-0.4, -0.2) is 16.6 Å². The van der Waals surface area contributed by atoms with Gasteiger partial charge in [0.1, 0.15) is 0 Å². The van der Waals surface area contributed by atoms with Crippen molar-refractivity contribution >= 4 is 27.7 Å². The molecule has 0 radical (unpaired) electrons. The van der Waals surface area contributed by atoms with Crippen molar-refractivity contribution in [3.05, 3.63) is 34.3 Å². The van der Waals surface area contributed by atoms with Crippen LogP contribution in [0.5, 0.6) is 0 Å². The number of thioether (sulfide) groups is 1. The fourth-order valence-corrected chi connectivity index (χ4v) is 3.66. The van der Waals surface area contributed by atoms with E-state index in [0.717, 1.165) is 22.2 Å². The molecule has 0 spiro atoms. The van der Waals surface area contributed by atoms with E-state index in [-0.39, 0.29) is 0 Å². The molecule has 1 fully saturated rings. The van der Waals surface area contributed by atoms with Crippen molar-refractivity contribution < 1.29 is 5.11 Å². The lowest BCUT2D eigenvalue weighted by molar-refractivity contribution is 0.00473. The van der Waals surface area contributed by atoms with Crippen LogP contribution >= 0.6 is 27.7 Å². The molecule has 1 N–H and O–H groups in total. The largest absolute Gasteiger partial charge is 0.385 e. The van der Waals surface area contributed by atoms with E-state index < -0.39 is 5.60 Å². The van der Waals surface area contributed by atoms with Gasteiger partial charge in [0.15, 0.2) is 0 Å². The van der Waals surface area contributed by atoms with Gasteiger partial charge in [0, 0.05) is 10.4 Å². The summed E-state index contributed by atoms with van der Waals surface area (Å²) in [5, 5.41) is 10.5. The van der Waals surface area contributed by atoms with E-state index >= 15 is 0 Å². The van der Waals surface area contributed by atoms with E-state index in [1.165, 1.54) is 5.75 Å². The quantitative estimate of drug-likeness (QED) is 0.899. The molecule has 2 atom stereocenters. The maximum absolute atomic E-state index is 10.5. The molecule has 1 aliphatic rings. The van der Waals surface area contributed by atoms with Crippen LogP contribution in [0.15, 0.2) is 28.7 Å². The second kappa shape index (κ2) is 4.48. The Hall–Kier alpha value is 0.01000. The minimum Gasteiger partial charge on any atom is -0.385 e. The summed E-state index contributed by atoms with van der Waals surface area (Å²) in [5.74, 6) is 2.64. The van der Waals surface area contributed by atoms with Crippen LogP contribution in [0.2, 0.25) is 0 Å². The second-order valence-electron chi connectivity index (χ2n) is 4.21. The van der Waals surface area contributed by atoms with Crippen LogP contribution in [0.4, 0.5) is 0 Å². The third-order valence-electron chi connectivity index (χ3n) is 3.15. The Morgan fingerprint density at radius 3 is 2.60 bits per heavy atom. The van der Waals surface area contributed by atoms with Crippen molar-refractivity contribution in [1.29, 1.82) is 0 Å². The molecule has 1 aromatic rings. The Labute approximate surface area is 103 Å². The lowest BCUT2D eigenvalue weighted by Crippen LogP contribution is -2.31. The average Bonchev–Trinajstić information content (AvgIpc) is 2.71. The van der Waals surface area contributed by atoms with Crippen LogP contribution in [0.25, 0.3) is 0 Å². The molecular weight excluding hydrogens is 272 g/mol. The molecule has 2 unspecified atom stereocenters. The highest BCUT2D eigenvalue weighted by Gasteiger charge is 2.35. The molecule has 15 heavy (non-hydrogen) atoms. The molecule has 1 saturated heterocycles. The van der Waals surface area contributed by atoms with E-state index in [2.05, 4.69) is 15.9 Å². The molecule has 1 aliphatic heterocycles. The van der Waals surface area contributed by atoms with Gasteiger partial charge < -0.3 is 5.11 Å². The number of benzene rings is 1. The maximum Gasteiger partial charge on any atom is 0.0904 e. The number of halogens is 1. The summed E-state index contributed by atoms with van der Waals surface area (Å²) in [6.07, 6.45) is 1.12. The van der Waals surface area contributed by atoms with Gasteiger partial charge in [0.2, 0.25) is 0 Å². The third-order valence-corrected chi connectivity index (χ3v) is 4.84. The zero-order valence-corrected chi connectivity index (χ0v) is 11.1. The Morgan fingerprint density at radius 2 is 2.07 bits per heavy atom. The molecule has 1 heterocycles. The van der Waals surface area contributed by atoms with Gasteiger partial charge in [0.25, 0.3) is 0 Å². The predicted octanol–water partition coefficient (Wildman–Crippen LogP) is 3.41. The first kappa shape index (κ1) is 11.5. The standard InChI is InChI=1S/C12H15BrOS/c1-12(14,10-6-7-15-8-10)9-2-4-11(13)5-3-9/h2-5,10,14H,6-8H2,1H3. The first-order valence-corrected chi connectivity index (χ1v) is 7.11. The molecular formula is C12H15BrOS. The zero-order chi connectivity index (χ0) is 10.9. The van der Waals surface area contributed by atoms with Crippen LogP contribution in [0, 0.1) is 5.92 Å². The van der Waals surface area contributed by atoms with Crippen molar-refractivity contribution in [2.45, 2.75) is 18.9 Å². The van der Waals surface area contributed by atoms with Gasteiger partial charge in [-0.2, -0.15) is 11.8 Å². The molecule has 1 aromatic carbocycles. The van der Waals surface area contributed by atoms with Gasteiger partial charge >= 0.3 is 0 Å². The Kier molecular flexibility index (Phi) is 3.43. The highest BCUT2D eigenvalue weighted by Crippen LogP contribution is 2.38. The van der Waals surface area contributed by atoms with Crippen LogP contribution in [-0.2, 0) is 5.60 Å². The molecule has 3 heteroatoms. The summed E-state index contributed by atoms with van der Waals surface area (Å²) in [6, 6.07) is 8.00. The molecule has 0 amide bonds. The van der Waals surface area contributed by atoms with Gasteiger partial charge in [0.05, 0.1) is 5.60 Å². The predicted molar refractivity (Wildman–Crippen MR) is 69.1 cm³/mol. The minimum atomic E-state index is -0.676. The van der Waals surface area contributed by atoms with Gasteiger partial charge in [-0.1, -0.05) is 28.1 Å². The normalized spacial score (nSPS) is 25.1. The highest BCUT2D eigenvalue weighted by molar-refractivity contribution is 9.10. The zero-order valence-electron chi connectivity index (χ0n) is 8.74. The lowest BCUT2D eigenvalue weighted by Gasteiger charge is -2.30. The number of hydrogen-bond acceptors (Lipinski definition) is 2. The number of hydrogen-bond donors (Lipinski definition) is 1. The Balaban J connectivity index is 2.23. The summed E-state index contributed by atoms with van der Waals surface area (Å²) in [7, 11) is 0. The Bertz CT molecular complexity index is 328. The molecule has 0 aromatic heterocycles. The molecule has 2 rings (SSSR count). The van der Waals surface area contributed by atoms with Crippen molar-refractivity contribution in [1.82, 2.24) is 0 Å². The molecule has 0 aliphatic carbocycles. The average molecular weight is 287 g/mol. The van der Waals surface area contributed by atoms with E-state index in [0.29, 0.717) is 5.92 Å². The molecule has 0 saturated carbocycles. The van der Waals surface area contributed by atoms with Crippen LogP contribution in [0.3, 0.4) is 0 Å². The topological polar surface area (TPSA) is 20.2 Å². The van der Waals surface area contributed by atoms with Gasteiger partial charge in [-0.05, 0) is 42.5 Å². The fourth-order valence-electron chi connectivity index (χ4n) is 2.00. The van der Waals surface area contributed by atoms with Gasteiger partial charge in [-0.3, -0.25) is 0 Å². The number of aliphatic hydroxyl groups is 1. The van der Waals surface area contributed by atoms with Crippen molar-refractivity contribution in [2.75, 3.05) is 11.5 Å². The van der Waals surface area contributed by atoms with E-state index in [4.69, 9.17) is 0 Å². The van der Waals surface area contributed by atoms with E-state index in [1.807, 2.05) is 43.0 Å². The summed E-state index contributed by atoms with van der Waals surface area (Å²) in [6.45, 7) is 1.94. The van der Waals surface area contributed by atoms with Gasteiger partial charge in [-0.25, -0.2) is 0 Å². The van der Waals surface area contributed by atoms with Gasteiger partial charge in [-0.15, -0.1) is 0 Å². The second-order valence-corrected chi connectivity index (χ2v) is 6.28. The Morgan fingerprint density at radius 1 is 1.40 bits per heavy atom. The monoisotopic (exact) mass is 286 g/mol. The molecule has 82 valence electrons. The highest BCUT2D eigenvalue weighted by atomic mass is 79.9. The first-order chi connectivity index (χ1) is 7.10. The van der Waals surface area contributed by atoms with Crippen LogP contribution < -0.4 is 0 Å². The smallest absolute Gasteiger partial charge is 0.0904 e. The minimum absolute atomic E-state index is 0.392. The number of rotatable bonds is 2. The summed E-state index contributed by atoms with van der Waals surface area (Å²) in [5.41, 5.74) is 0.350. The van der Waals surface area contributed by atoms with Crippen LogP contribution in [0.1, 0.15) is 18.9 Å². The van der Waals surface area contributed by atoms with E-state index in [1.54, 1.807) is 0 Å². The fraction of sp³-hybridized carbons (Fsp3) is 0.500. The third kappa shape index (κ3) is 2.40. The summed E-state index contributed by atoms with van der Waals surface area (Å²) in [4.78, 5) is 0. The first-order valence-electron chi connectivity index (χ1n) is 5.17. The van der Waals surface area contributed by atoms with Crippen molar-refractivity contribution in [3.8, 4) is 0 Å². The van der Waals surface area contributed by atoms with Crippen molar-refractivity contribution in [3.63, 3.8) is 0 Å². The molecule has 0 bridgehead atoms. The van der Waals surface area contributed by atoms with E-state index in [9.17, 15) is 5.11 Å². The molecule has 1 nitrogen and oxygen atoms in total.